The highest BCUT2D eigenvalue weighted by Crippen LogP contribution is 2.30. The molecule has 0 atom stereocenters. The van der Waals surface area contributed by atoms with Gasteiger partial charge in [-0.3, -0.25) is 0 Å². The molecule has 0 spiro atoms. The molecule has 92 valence electrons. The lowest BCUT2D eigenvalue weighted by atomic mass is 9.86. The van der Waals surface area contributed by atoms with E-state index in [1.54, 1.807) is 6.92 Å². The van der Waals surface area contributed by atoms with Crippen molar-refractivity contribution >= 4 is 5.97 Å². The first-order valence-corrected chi connectivity index (χ1v) is 6.00. The van der Waals surface area contributed by atoms with E-state index in [1.165, 1.54) is 19.3 Å². The number of rotatable bonds is 5. The summed E-state index contributed by atoms with van der Waals surface area (Å²) in [5.74, 6) is -0.336. The lowest BCUT2D eigenvalue weighted by Crippen LogP contribution is -2.32. The summed E-state index contributed by atoms with van der Waals surface area (Å²) < 4.78 is 10.8. The van der Waals surface area contributed by atoms with Crippen molar-refractivity contribution in [1.29, 1.82) is 0 Å². The first-order chi connectivity index (χ1) is 7.53. The van der Waals surface area contributed by atoms with Crippen LogP contribution in [0.3, 0.4) is 0 Å². The Bertz CT molecular complexity index is 252. The fraction of sp³-hybridized carbons (Fsp3) is 0.769. The fourth-order valence-corrected chi connectivity index (χ4v) is 1.99. The van der Waals surface area contributed by atoms with E-state index in [4.69, 9.17) is 9.47 Å². The minimum absolute atomic E-state index is 0.00607. The van der Waals surface area contributed by atoms with Gasteiger partial charge in [0.25, 0.3) is 0 Å². The number of hydrogen-bond acceptors (Lipinski definition) is 3. The molecule has 0 aromatic rings. The molecule has 16 heavy (non-hydrogen) atoms. The van der Waals surface area contributed by atoms with Gasteiger partial charge in [0.05, 0.1) is 12.2 Å². The van der Waals surface area contributed by atoms with E-state index < -0.39 is 0 Å². The average Bonchev–Trinajstić information content (AvgIpc) is 2.25. The fourth-order valence-electron chi connectivity index (χ4n) is 1.99. The quantitative estimate of drug-likeness (QED) is 0.411. The van der Waals surface area contributed by atoms with Crippen molar-refractivity contribution in [2.45, 2.75) is 51.6 Å². The molecule has 0 amide bonds. The van der Waals surface area contributed by atoms with E-state index >= 15 is 0 Å². The molecular weight excluding hydrogens is 204 g/mol. The van der Waals surface area contributed by atoms with Crippen LogP contribution in [-0.4, -0.2) is 24.8 Å². The van der Waals surface area contributed by atoms with Gasteiger partial charge >= 0.3 is 5.97 Å². The zero-order valence-corrected chi connectivity index (χ0v) is 10.4. The molecule has 3 heteroatoms. The molecule has 0 aromatic carbocycles. The maximum Gasteiger partial charge on any atom is 0.333 e. The van der Waals surface area contributed by atoms with E-state index in [-0.39, 0.29) is 11.6 Å². The van der Waals surface area contributed by atoms with Crippen molar-refractivity contribution in [2.24, 2.45) is 0 Å². The Kier molecular flexibility index (Phi) is 5.00. The third-order valence-corrected chi connectivity index (χ3v) is 3.03. The number of carbonyl (C=O) groups is 1. The summed E-state index contributed by atoms with van der Waals surface area (Å²) in [4.78, 5) is 11.1. The average molecular weight is 226 g/mol. The lowest BCUT2D eigenvalue weighted by Gasteiger charge is -2.33. The van der Waals surface area contributed by atoms with Crippen LogP contribution in [0.4, 0.5) is 0 Å². The predicted molar refractivity (Wildman–Crippen MR) is 63.2 cm³/mol. The van der Waals surface area contributed by atoms with Crippen molar-refractivity contribution in [3.8, 4) is 0 Å². The van der Waals surface area contributed by atoms with Gasteiger partial charge < -0.3 is 9.47 Å². The molecule has 0 aromatic heterocycles. The highest BCUT2D eigenvalue weighted by molar-refractivity contribution is 5.86. The number of hydrogen-bond donors (Lipinski definition) is 0. The zero-order valence-electron chi connectivity index (χ0n) is 10.4. The van der Waals surface area contributed by atoms with E-state index in [9.17, 15) is 4.79 Å². The van der Waals surface area contributed by atoms with Crippen LogP contribution in [0.2, 0.25) is 0 Å². The summed E-state index contributed by atoms with van der Waals surface area (Å²) in [7, 11) is 0. The highest BCUT2D eigenvalue weighted by atomic mass is 16.6. The highest BCUT2D eigenvalue weighted by Gasteiger charge is 2.27. The standard InChI is InChI=1S/C13H22O3/c1-11(2)12(14)15-9-10-16-13(3)7-5-4-6-8-13/h1,4-10H2,2-3H3. The molecule has 1 aliphatic carbocycles. The van der Waals surface area contributed by atoms with Crippen molar-refractivity contribution in [2.75, 3.05) is 13.2 Å². The molecular formula is C13H22O3. The molecule has 1 aliphatic rings. The van der Waals surface area contributed by atoms with Crippen LogP contribution >= 0.6 is 0 Å². The second-order valence-corrected chi connectivity index (χ2v) is 4.78. The van der Waals surface area contributed by atoms with Crippen LogP contribution in [0, 0.1) is 0 Å². The molecule has 0 bridgehead atoms. The van der Waals surface area contributed by atoms with Gasteiger partial charge in [-0.25, -0.2) is 4.79 Å². The summed E-state index contributed by atoms with van der Waals surface area (Å²) in [6.07, 6.45) is 6.01. The van der Waals surface area contributed by atoms with Gasteiger partial charge in [-0.15, -0.1) is 0 Å². The number of esters is 1. The lowest BCUT2D eigenvalue weighted by molar-refractivity contribution is -0.143. The normalized spacial score (nSPS) is 19.1. The molecule has 0 aliphatic heterocycles. The van der Waals surface area contributed by atoms with Gasteiger partial charge in [0.2, 0.25) is 0 Å². The van der Waals surface area contributed by atoms with Crippen molar-refractivity contribution < 1.29 is 14.3 Å². The van der Waals surface area contributed by atoms with Crippen LogP contribution < -0.4 is 0 Å². The minimum atomic E-state index is -0.336. The van der Waals surface area contributed by atoms with Crippen LogP contribution in [0.1, 0.15) is 46.0 Å². The summed E-state index contributed by atoms with van der Waals surface area (Å²) >= 11 is 0. The second kappa shape index (κ2) is 6.04. The summed E-state index contributed by atoms with van der Waals surface area (Å²) in [5, 5.41) is 0. The molecule has 0 unspecified atom stereocenters. The topological polar surface area (TPSA) is 35.5 Å². The maximum atomic E-state index is 11.1. The SMILES string of the molecule is C=C(C)C(=O)OCCOC1(C)CCCCC1. The van der Waals surface area contributed by atoms with Crippen LogP contribution in [0.25, 0.3) is 0 Å². The van der Waals surface area contributed by atoms with E-state index in [1.807, 2.05) is 0 Å². The van der Waals surface area contributed by atoms with E-state index in [2.05, 4.69) is 13.5 Å². The van der Waals surface area contributed by atoms with Crippen molar-refractivity contribution in [3.63, 3.8) is 0 Å². The van der Waals surface area contributed by atoms with Gasteiger partial charge in [0, 0.05) is 5.57 Å². The first-order valence-electron chi connectivity index (χ1n) is 6.00. The van der Waals surface area contributed by atoms with Gasteiger partial charge in [-0.05, 0) is 26.7 Å². The van der Waals surface area contributed by atoms with Gasteiger partial charge in [-0.2, -0.15) is 0 Å². The molecule has 1 fully saturated rings. The van der Waals surface area contributed by atoms with Gasteiger partial charge in [-0.1, -0.05) is 25.8 Å². The predicted octanol–water partition coefficient (Wildman–Crippen LogP) is 2.85. The molecule has 0 heterocycles. The Morgan fingerprint density at radius 3 is 2.44 bits per heavy atom. The van der Waals surface area contributed by atoms with Gasteiger partial charge in [0.1, 0.15) is 6.61 Å². The molecule has 1 rings (SSSR count). The van der Waals surface area contributed by atoms with Crippen LogP contribution in [0.5, 0.6) is 0 Å². The van der Waals surface area contributed by atoms with E-state index in [0.29, 0.717) is 18.8 Å². The molecule has 0 N–H and O–H groups in total. The molecule has 0 saturated heterocycles. The number of carbonyl (C=O) groups excluding carboxylic acids is 1. The largest absolute Gasteiger partial charge is 0.460 e. The second-order valence-electron chi connectivity index (χ2n) is 4.78. The smallest absolute Gasteiger partial charge is 0.333 e. The van der Waals surface area contributed by atoms with E-state index in [0.717, 1.165) is 12.8 Å². The van der Waals surface area contributed by atoms with Crippen LogP contribution in [-0.2, 0) is 14.3 Å². The Hall–Kier alpha value is -0.830. The third-order valence-electron chi connectivity index (χ3n) is 3.03. The zero-order chi connectivity index (χ0) is 12.0. The first kappa shape index (κ1) is 13.2. The monoisotopic (exact) mass is 226 g/mol. The Balaban J connectivity index is 2.14. The van der Waals surface area contributed by atoms with Crippen LogP contribution in [0.15, 0.2) is 12.2 Å². The summed E-state index contributed by atoms with van der Waals surface area (Å²) in [6, 6.07) is 0. The minimum Gasteiger partial charge on any atom is -0.460 e. The third kappa shape index (κ3) is 4.35. The molecule has 1 saturated carbocycles. The van der Waals surface area contributed by atoms with Crippen molar-refractivity contribution in [1.82, 2.24) is 0 Å². The Labute approximate surface area is 97.8 Å². The van der Waals surface area contributed by atoms with Crippen molar-refractivity contribution in [3.05, 3.63) is 12.2 Å². The molecule has 3 nitrogen and oxygen atoms in total. The Morgan fingerprint density at radius 2 is 1.88 bits per heavy atom. The maximum absolute atomic E-state index is 11.1. The summed E-state index contributed by atoms with van der Waals surface area (Å²) in [6.45, 7) is 8.11. The van der Waals surface area contributed by atoms with Gasteiger partial charge in [0.15, 0.2) is 0 Å². The molecule has 0 radical (unpaired) electrons. The Morgan fingerprint density at radius 1 is 1.25 bits per heavy atom. The number of ether oxygens (including phenoxy) is 2. The summed E-state index contributed by atoms with van der Waals surface area (Å²) in [5.41, 5.74) is 0.428.